The summed E-state index contributed by atoms with van der Waals surface area (Å²) in [5, 5.41) is 0. The van der Waals surface area contributed by atoms with Crippen LogP contribution in [0.2, 0.25) is 0 Å². The summed E-state index contributed by atoms with van der Waals surface area (Å²) < 4.78 is 5.92. The number of nitrogens with zero attached hydrogens (tertiary/aromatic N) is 1. The van der Waals surface area contributed by atoms with E-state index in [2.05, 4.69) is 6.92 Å². The van der Waals surface area contributed by atoms with E-state index in [0.717, 1.165) is 6.42 Å². The molecule has 0 N–H and O–H groups in total. The topological polar surface area (TPSA) is 26.3 Å². The van der Waals surface area contributed by atoms with Gasteiger partial charge in [-0.15, -0.1) is 0 Å². The number of likely N-dealkylation sites (N-methyl/N-ethyl adjacent to an activating group) is 1. The molecule has 0 radical (unpaired) electrons. The summed E-state index contributed by atoms with van der Waals surface area (Å²) in [5.74, 6) is -0.0709. The fraction of sp³-hybridized carbons (Fsp3) is 0.957. The molecule has 0 saturated heterocycles. The quantitative estimate of drug-likeness (QED) is 0.187. The van der Waals surface area contributed by atoms with E-state index in [4.69, 9.17) is 4.74 Å². The predicted octanol–water partition coefficient (Wildman–Crippen LogP) is 3.50. The zero-order valence-electron chi connectivity index (χ0n) is 18.9. The number of quaternary nitrogens is 1. The molecule has 0 aromatic rings. The summed E-state index contributed by atoms with van der Waals surface area (Å²) in [5.41, 5.74) is 0. The van der Waals surface area contributed by atoms with Crippen molar-refractivity contribution >= 4 is 5.97 Å². The lowest BCUT2D eigenvalue weighted by Crippen LogP contribution is -3.00. The maximum absolute atomic E-state index is 11.6. The Labute approximate surface area is 176 Å². The van der Waals surface area contributed by atoms with Crippen molar-refractivity contribution < 1.29 is 26.4 Å². The number of halogens is 1. The fourth-order valence-corrected chi connectivity index (χ4v) is 3.27. The molecule has 0 aromatic carbocycles. The molecule has 164 valence electrons. The third kappa shape index (κ3) is 25.7. The predicted molar refractivity (Wildman–Crippen MR) is 113 cm³/mol. The van der Waals surface area contributed by atoms with Crippen molar-refractivity contribution in [3.05, 3.63) is 0 Å². The van der Waals surface area contributed by atoms with Crippen molar-refractivity contribution in [1.82, 2.24) is 0 Å². The van der Waals surface area contributed by atoms with Crippen molar-refractivity contribution in [2.75, 3.05) is 34.3 Å². The van der Waals surface area contributed by atoms with Crippen LogP contribution in [0.4, 0.5) is 0 Å². The van der Waals surface area contributed by atoms with Crippen LogP contribution in [-0.4, -0.2) is 44.7 Å². The van der Waals surface area contributed by atoms with Crippen molar-refractivity contribution in [1.29, 1.82) is 0 Å². The number of hydrogen-bond donors (Lipinski definition) is 0. The van der Waals surface area contributed by atoms with E-state index in [9.17, 15) is 4.79 Å². The summed E-state index contributed by atoms with van der Waals surface area (Å²) in [6, 6.07) is 0. The standard InChI is InChI=1S/C23H48NO2.ClH/c1-5-6-7-8-9-10-11-12-13-14-15-16-17-18-19-20-21-26-23(25)22-24(2,3)4;/h5-22H2,1-4H3;1H/q+1;/p-1. The Bertz CT molecular complexity index is 316. The van der Waals surface area contributed by atoms with Gasteiger partial charge in [-0.2, -0.15) is 0 Å². The Balaban J connectivity index is 0. The SMILES string of the molecule is CCCCCCCCCCCCCCCCCCOC(=O)C[N+](C)(C)C.[Cl-]. The number of ether oxygens (including phenoxy) is 1. The molecule has 0 rings (SSSR count). The lowest BCUT2D eigenvalue weighted by atomic mass is 10.0. The van der Waals surface area contributed by atoms with Gasteiger partial charge < -0.3 is 21.6 Å². The number of unbranched alkanes of at least 4 members (excludes halogenated alkanes) is 15. The van der Waals surface area contributed by atoms with Crippen molar-refractivity contribution in [2.45, 2.75) is 110 Å². The van der Waals surface area contributed by atoms with E-state index in [1.165, 1.54) is 96.3 Å². The molecule has 0 spiro atoms. The van der Waals surface area contributed by atoms with Gasteiger partial charge in [-0.1, -0.05) is 103 Å². The second-order valence-corrected chi connectivity index (χ2v) is 8.97. The molecule has 4 heteroatoms. The highest BCUT2D eigenvalue weighted by Crippen LogP contribution is 2.13. The Morgan fingerprint density at radius 3 is 1.30 bits per heavy atom. The number of carbonyl (C=O) groups excluding carboxylic acids is 1. The second kappa shape index (κ2) is 20.5. The second-order valence-electron chi connectivity index (χ2n) is 8.97. The minimum atomic E-state index is -0.0709. The third-order valence-electron chi connectivity index (χ3n) is 4.86. The van der Waals surface area contributed by atoms with Crippen molar-refractivity contribution in [3.8, 4) is 0 Å². The molecule has 0 unspecified atom stereocenters. The largest absolute Gasteiger partial charge is 1.00 e. The molecule has 0 aromatic heterocycles. The normalized spacial score (nSPS) is 11.3. The third-order valence-corrected chi connectivity index (χ3v) is 4.86. The van der Waals surface area contributed by atoms with Gasteiger partial charge in [0, 0.05) is 0 Å². The van der Waals surface area contributed by atoms with E-state index in [0.29, 0.717) is 17.6 Å². The average Bonchev–Trinajstić information content (AvgIpc) is 2.56. The summed E-state index contributed by atoms with van der Waals surface area (Å²) in [7, 11) is 6.03. The number of carbonyl (C=O) groups is 1. The Hall–Kier alpha value is -0.280. The molecule has 0 aliphatic rings. The molecule has 3 nitrogen and oxygen atoms in total. The van der Waals surface area contributed by atoms with Crippen molar-refractivity contribution in [2.24, 2.45) is 0 Å². The lowest BCUT2D eigenvalue weighted by molar-refractivity contribution is -0.862. The van der Waals surface area contributed by atoms with Crippen LogP contribution < -0.4 is 12.4 Å². The highest BCUT2D eigenvalue weighted by atomic mass is 35.5. The first kappa shape index (κ1) is 28.9. The van der Waals surface area contributed by atoms with Gasteiger partial charge in [0.05, 0.1) is 27.7 Å². The number of rotatable bonds is 19. The van der Waals surface area contributed by atoms with E-state index in [-0.39, 0.29) is 18.4 Å². The van der Waals surface area contributed by atoms with Crippen LogP contribution in [0.1, 0.15) is 110 Å². The molecule has 0 atom stereocenters. The highest BCUT2D eigenvalue weighted by Gasteiger charge is 2.14. The zero-order chi connectivity index (χ0) is 19.5. The van der Waals surface area contributed by atoms with Gasteiger partial charge >= 0.3 is 5.97 Å². The van der Waals surface area contributed by atoms with Crippen LogP contribution in [0.15, 0.2) is 0 Å². The molecule has 0 amide bonds. The molecular formula is C23H48ClNO2. The maximum atomic E-state index is 11.6. The van der Waals surface area contributed by atoms with E-state index in [1.54, 1.807) is 0 Å². The van der Waals surface area contributed by atoms with E-state index < -0.39 is 0 Å². The van der Waals surface area contributed by atoms with Crippen LogP contribution in [0.5, 0.6) is 0 Å². The first-order valence-corrected chi connectivity index (χ1v) is 11.4. The van der Waals surface area contributed by atoms with Crippen LogP contribution in [-0.2, 0) is 9.53 Å². The van der Waals surface area contributed by atoms with Crippen molar-refractivity contribution in [3.63, 3.8) is 0 Å². The minimum absolute atomic E-state index is 0. The Kier molecular flexibility index (Phi) is 21.9. The smallest absolute Gasteiger partial charge is 0.361 e. The monoisotopic (exact) mass is 405 g/mol. The molecular weight excluding hydrogens is 358 g/mol. The zero-order valence-corrected chi connectivity index (χ0v) is 19.6. The van der Waals surface area contributed by atoms with Gasteiger partial charge in [0.1, 0.15) is 0 Å². The molecule has 0 heterocycles. The molecule has 0 aliphatic carbocycles. The van der Waals surface area contributed by atoms with Crippen LogP contribution in [0.25, 0.3) is 0 Å². The summed E-state index contributed by atoms with van der Waals surface area (Å²) in [4.78, 5) is 11.6. The van der Waals surface area contributed by atoms with Gasteiger partial charge in [-0.05, 0) is 6.42 Å². The first-order valence-electron chi connectivity index (χ1n) is 11.4. The molecule has 0 bridgehead atoms. The lowest BCUT2D eigenvalue weighted by Gasteiger charge is -2.22. The van der Waals surface area contributed by atoms with Gasteiger partial charge in [0.15, 0.2) is 6.54 Å². The van der Waals surface area contributed by atoms with E-state index in [1.807, 2.05) is 21.1 Å². The number of esters is 1. The number of hydrogen-bond acceptors (Lipinski definition) is 2. The van der Waals surface area contributed by atoms with Crippen LogP contribution in [0, 0.1) is 0 Å². The van der Waals surface area contributed by atoms with Crippen LogP contribution >= 0.6 is 0 Å². The van der Waals surface area contributed by atoms with Gasteiger partial charge in [0.2, 0.25) is 0 Å². The summed E-state index contributed by atoms with van der Waals surface area (Å²) >= 11 is 0. The van der Waals surface area contributed by atoms with Gasteiger partial charge in [-0.3, -0.25) is 0 Å². The molecule has 0 fully saturated rings. The Morgan fingerprint density at radius 2 is 0.963 bits per heavy atom. The summed E-state index contributed by atoms with van der Waals surface area (Å²) in [6.45, 7) is 3.33. The highest BCUT2D eigenvalue weighted by molar-refractivity contribution is 5.70. The minimum Gasteiger partial charge on any atom is -1.00 e. The van der Waals surface area contributed by atoms with Crippen LogP contribution in [0.3, 0.4) is 0 Å². The van der Waals surface area contributed by atoms with E-state index >= 15 is 0 Å². The average molecular weight is 406 g/mol. The molecule has 0 saturated carbocycles. The Morgan fingerprint density at radius 1 is 0.630 bits per heavy atom. The molecule has 0 aliphatic heterocycles. The first-order chi connectivity index (χ1) is 12.5. The van der Waals surface area contributed by atoms with Gasteiger partial charge in [-0.25, -0.2) is 4.79 Å². The summed E-state index contributed by atoms with van der Waals surface area (Å²) in [6.07, 6.45) is 21.9. The molecule has 27 heavy (non-hydrogen) atoms. The fourth-order valence-electron chi connectivity index (χ4n) is 3.27. The van der Waals surface area contributed by atoms with Gasteiger partial charge in [0.25, 0.3) is 0 Å². The maximum Gasteiger partial charge on any atom is 0.361 e.